The van der Waals surface area contributed by atoms with E-state index < -0.39 is 43.1 Å². The first kappa shape index (κ1) is 22.3. The molecule has 1 aliphatic rings. The molecule has 0 radical (unpaired) electrons. The molecule has 1 atom stereocenters. The summed E-state index contributed by atoms with van der Waals surface area (Å²) in [4.78, 5) is 0. The molecule has 150 valence electrons. The quantitative estimate of drug-likeness (QED) is 0.379. The van der Waals surface area contributed by atoms with Crippen LogP contribution in [0.2, 0.25) is 0 Å². The predicted octanol–water partition coefficient (Wildman–Crippen LogP) is 5.56. The van der Waals surface area contributed by atoms with Crippen LogP contribution in [0, 0.1) is 0 Å². The van der Waals surface area contributed by atoms with Gasteiger partial charge in [-0.05, 0) is 32.1 Å². The molecule has 0 spiro atoms. The van der Waals surface area contributed by atoms with Gasteiger partial charge >= 0.3 is 23.9 Å². The molecule has 0 saturated carbocycles. The predicted molar refractivity (Wildman–Crippen MR) is 68.9 cm³/mol. The maximum atomic E-state index is 13.2. The van der Waals surface area contributed by atoms with E-state index in [1.807, 2.05) is 0 Å². The van der Waals surface area contributed by atoms with Gasteiger partial charge in [-0.2, -0.15) is 39.5 Å². The molecule has 2 nitrogen and oxygen atoms in total. The van der Waals surface area contributed by atoms with Crippen LogP contribution in [0.25, 0.3) is 0 Å². The summed E-state index contributed by atoms with van der Waals surface area (Å²) in [7, 11) is 0. The van der Waals surface area contributed by atoms with Crippen LogP contribution in [-0.2, 0) is 9.47 Å². The Morgan fingerprint density at radius 1 is 0.800 bits per heavy atom. The Kier molecular flexibility index (Phi) is 7.43. The summed E-state index contributed by atoms with van der Waals surface area (Å²) >= 11 is 0. The molecule has 1 aliphatic heterocycles. The monoisotopic (exact) mass is 390 g/mol. The van der Waals surface area contributed by atoms with Crippen molar-refractivity contribution in [2.75, 3.05) is 13.2 Å². The third kappa shape index (κ3) is 5.38. The zero-order chi connectivity index (χ0) is 19.4. The van der Waals surface area contributed by atoms with Gasteiger partial charge < -0.3 is 9.47 Å². The molecule has 1 fully saturated rings. The van der Waals surface area contributed by atoms with Crippen LogP contribution in [0.5, 0.6) is 0 Å². The summed E-state index contributed by atoms with van der Waals surface area (Å²) in [5, 5.41) is 0. The van der Waals surface area contributed by atoms with Crippen LogP contribution < -0.4 is 0 Å². The zero-order valence-electron chi connectivity index (χ0n) is 13.2. The number of hydrogen-bond donors (Lipinski definition) is 0. The van der Waals surface area contributed by atoms with Crippen LogP contribution in [0.4, 0.5) is 39.5 Å². The highest BCUT2D eigenvalue weighted by atomic mass is 19.4. The lowest BCUT2D eigenvalue weighted by Gasteiger charge is -2.33. The van der Waals surface area contributed by atoms with Crippen molar-refractivity contribution in [2.24, 2.45) is 0 Å². The van der Waals surface area contributed by atoms with E-state index in [9.17, 15) is 39.5 Å². The minimum atomic E-state index is -6.81. The summed E-state index contributed by atoms with van der Waals surface area (Å²) in [6.45, 7) is 0.616. The molecule has 0 aromatic heterocycles. The molecule has 0 amide bonds. The summed E-state index contributed by atoms with van der Waals surface area (Å²) in [6.07, 6.45) is -7.09. The largest absolute Gasteiger partial charge is 0.460 e. The van der Waals surface area contributed by atoms with Gasteiger partial charge in [0.15, 0.2) is 6.29 Å². The second kappa shape index (κ2) is 8.32. The number of ether oxygens (including phenoxy) is 2. The molecule has 0 bridgehead atoms. The maximum Gasteiger partial charge on any atom is 0.460 e. The molecule has 1 unspecified atom stereocenters. The van der Waals surface area contributed by atoms with Crippen molar-refractivity contribution in [3.8, 4) is 0 Å². The smallest absolute Gasteiger partial charge is 0.353 e. The topological polar surface area (TPSA) is 18.5 Å². The van der Waals surface area contributed by atoms with Crippen LogP contribution >= 0.6 is 0 Å². The van der Waals surface area contributed by atoms with Gasteiger partial charge in [-0.15, -0.1) is 0 Å². The third-order valence-electron chi connectivity index (χ3n) is 3.79. The molecule has 0 aromatic carbocycles. The lowest BCUT2D eigenvalue weighted by molar-refractivity contribution is -0.396. The number of rotatable bonds is 9. The van der Waals surface area contributed by atoms with E-state index in [2.05, 4.69) is 0 Å². The van der Waals surface area contributed by atoms with Gasteiger partial charge in [0.25, 0.3) is 0 Å². The van der Waals surface area contributed by atoms with E-state index in [0.29, 0.717) is 13.0 Å². The van der Waals surface area contributed by atoms with Crippen molar-refractivity contribution in [3.63, 3.8) is 0 Å². The first-order valence-electron chi connectivity index (χ1n) is 7.76. The van der Waals surface area contributed by atoms with E-state index in [0.717, 1.165) is 12.8 Å². The fraction of sp³-hybridized carbons (Fsp3) is 1.00. The SMILES string of the molecule is FC(F)(F)C(F)(F)C(F)(F)C(F)(F)CCCCCOC1CCCCO1. The Hall–Kier alpha value is -0.710. The maximum absolute atomic E-state index is 13.2. The van der Waals surface area contributed by atoms with Gasteiger partial charge in [0.2, 0.25) is 0 Å². The van der Waals surface area contributed by atoms with Crippen molar-refractivity contribution >= 4 is 0 Å². The Morgan fingerprint density at radius 3 is 1.96 bits per heavy atom. The fourth-order valence-electron chi connectivity index (χ4n) is 2.25. The highest BCUT2D eigenvalue weighted by Gasteiger charge is 2.81. The van der Waals surface area contributed by atoms with Crippen molar-refractivity contribution < 1.29 is 49.0 Å². The number of hydrogen-bond acceptors (Lipinski definition) is 2. The summed E-state index contributed by atoms with van der Waals surface area (Å²) in [5.41, 5.74) is 0. The van der Waals surface area contributed by atoms with Crippen LogP contribution in [0.1, 0.15) is 44.9 Å². The fourth-order valence-corrected chi connectivity index (χ4v) is 2.25. The Balaban J connectivity index is 2.38. The Bertz CT molecular complexity index is 404. The van der Waals surface area contributed by atoms with Crippen LogP contribution in [0.3, 0.4) is 0 Å². The second-order valence-electron chi connectivity index (χ2n) is 5.83. The molecule has 0 aromatic rings. The second-order valence-corrected chi connectivity index (χ2v) is 5.83. The van der Waals surface area contributed by atoms with Crippen molar-refractivity contribution in [1.29, 1.82) is 0 Å². The van der Waals surface area contributed by atoms with E-state index in [1.54, 1.807) is 0 Å². The summed E-state index contributed by atoms with van der Waals surface area (Å²) in [6, 6.07) is 0. The van der Waals surface area contributed by atoms with Gasteiger partial charge in [-0.25, -0.2) is 0 Å². The lowest BCUT2D eigenvalue weighted by Crippen LogP contribution is -2.60. The first-order chi connectivity index (χ1) is 11.3. The molecular formula is C14H19F9O2. The van der Waals surface area contributed by atoms with Crippen molar-refractivity contribution in [1.82, 2.24) is 0 Å². The zero-order valence-corrected chi connectivity index (χ0v) is 13.2. The van der Waals surface area contributed by atoms with Gasteiger partial charge in [-0.3, -0.25) is 0 Å². The minimum absolute atomic E-state index is 0.0873. The van der Waals surface area contributed by atoms with E-state index in [1.165, 1.54) is 0 Å². The Labute approximate surface area is 138 Å². The molecule has 0 N–H and O–H groups in total. The molecule has 1 rings (SSSR count). The number of unbranched alkanes of at least 4 members (excludes halogenated alkanes) is 2. The minimum Gasteiger partial charge on any atom is -0.353 e. The molecule has 1 saturated heterocycles. The van der Waals surface area contributed by atoms with Gasteiger partial charge in [0.1, 0.15) is 0 Å². The number of alkyl halides is 9. The van der Waals surface area contributed by atoms with Gasteiger partial charge in [0, 0.05) is 19.6 Å². The highest BCUT2D eigenvalue weighted by Crippen LogP contribution is 2.54. The van der Waals surface area contributed by atoms with Crippen LogP contribution in [0.15, 0.2) is 0 Å². The molecule has 0 aliphatic carbocycles. The summed E-state index contributed by atoms with van der Waals surface area (Å²) < 4.78 is 124. The average Bonchev–Trinajstić information content (AvgIpc) is 2.50. The van der Waals surface area contributed by atoms with Crippen molar-refractivity contribution in [3.05, 3.63) is 0 Å². The first-order valence-corrected chi connectivity index (χ1v) is 7.76. The van der Waals surface area contributed by atoms with Gasteiger partial charge in [0.05, 0.1) is 0 Å². The van der Waals surface area contributed by atoms with Crippen molar-refractivity contribution in [2.45, 2.75) is 75.2 Å². The van der Waals surface area contributed by atoms with Crippen LogP contribution in [-0.4, -0.2) is 43.4 Å². The summed E-state index contributed by atoms with van der Waals surface area (Å²) in [5.74, 6) is -18.8. The normalized spacial score (nSPS) is 20.8. The molecule has 25 heavy (non-hydrogen) atoms. The molecule has 11 heteroatoms. The van der Waals surface area contributed by atoms with Gasteiger partial charge in [-0.1, -0.05) is 6.42 Å². The van der Waals surface area contributed by atoms with E-state index >= 15 is 0 Å². The lowest BCUT2D eigenvalue weighted by atomic mass is 9.98. The van der Waals surface area contributed by atoms with E-state index in [4.69, 9.17) is 9.47 Å². The number of halogens is 9. The van der Waals surface area contributed by atoms with E-state index in [-0.39, 0.29) is 19.4 Å². The Morgan fingerprint density at radius 2 is 1.44 bits per heavy atom. The molecular weight excluding hydrogens is 371 g/mol. The molecule has 1 heterocycles. The average molecular weight is 390 g/mol. The third-order valence-corrected chi connectivity index (χ3v) is 3.79. The standard InChI is InChI=1S/C14H19F9O2/c15-11(16,12(17,18)13(19,20)14(21,22)23)7-3-1-4-8-24-10-6-2-5-9-25-10/h10H,1-9H2. The highest BCUT2D eigenvalue weighted by molar-refractivity contribution is 5.00.